The van der Waals surface area contributed by atoms with Crippen molar-refractivity contribution < 1.29 is 9.53 Å². The van der Waals surface area contributed by atoms with Crippen LogP contribution < -0.4 is 14.9 Å². The Kier molecular flexibility index (Phi) is 8.69. The van der Waals surface area contributed by atoms with Crippen LogP contribution in [-0.4, -0.2) is 21.7 Å². The molecule has 238 valence electrons. The molecule has 8 heteroatoms. The fraction of sp³-hybridized carbons (Fsp3) is 0.125. The van der Waals surface area contributed by atoms with Crippen molar-refractivity contribution in [2.45, 2.75) is 26.8 Å². The summed E-state index contributed by atoms with van der Waals surface area (Å²) in [7, 11) is 0. The standard InChI is InChI=1S/C40H32BrN3O3S/c1-4-47-39(46)35-26(3)42-40-44(37(35)29-17-15-25(2)16-18-29)38(45)34(48-40)24-30-23-33(27-11-7-5-8-12-27)43(32-21-19-31(41)20-22-32)36(30)28-13-9-6-10-14-28/h5-24,37H,4H2,1-3H3/b34-24-/t37-/m1/s1. The summed E-state index contributed by atoms with van der Waals surface area (Å²) in [4.78, 5) is 33.2. The van der Waals surface area contributed by atoms with Gasteiger partial charge in [-0.2, -0.15) is 0 Å². The van der Waals surface area contributed by atoms with E-state index in [4.69, 9.17) is 9.73 Å². The van der Waals surface area contributed by atoms with E-state index in [1.54, 1.807) is 11.5 Å². The zero-order valence-electron chi connectivity index (χ0n) is 26.7. The van der Waals surface area contributed by atoms with Gasteiger partial charge in [-0.05, 0) is 73.9 Å². The fourth-order valence-electron chi connectivity index (χ4n) is 6.21. The van der Waals surface area contributed by atoms with Gasteiger partial charge in [-0.25, -0.2) is 9.79 Å². The van der Waals surface area contributed by atoms with Gasteiger partial charge in [-0.15, -0.1) is 0 Å². The Morgan fingerprint density at radius 1 is 0.896 bits per heavy atom. The minimum atomic E-state index is -0.663. The summed E-state index contributed by atoms with van der Waals surface area (Å²) in [6.07, 6.45) is 1.96. The smallest absolute Gasteiger partial charge is 0.338 e. The van der Waals surface area contributed by atoms with Crippen molar-refractivity contribution >= 4 is 39.3 Å². The molecule has 7 rings (SSSR count). The van der Waals surface area contributed by atoms with Crippen LogP contribution in [0.15, 0.2) is 141 Å². The largest absolute Gasteiger partial charge is 0.463 e. The molecule has 0 radical (unpaired) electrons. The summed E-state index contributed by atoms with van der Waals surface area (Å²) >= 11 is 4.92. The van der Waals surface area contributed by atoms with Crippen molar-refractivity contribution in [3.05, 3.63) is 167 Å². The lowest BCUT2D eigenvalue weighted by Gasteiger charge is -2.24. The summed E-state index contributed by atoms with van der Waals surface area (Å²) in [5.41, 5.74) is 8.51. The van der Waals surface area contributed by atoms with Gasteiger partial charge in [0.15, 0.2) is 4.80 Å². The van der Waals surface area contributed by atoms with Gasteiger partial charge in [0.2, 0.25) is 0 Å². The number of esters is 1. The van der Waals surface area contributed by atoms with Crippen LogP contribution in [0.25, 0.3) is 34.3 Å². The number of nitrogens with zero attached hydrogens (tertiary/aromatic N) is 3. The summed E-state index contributed by atoms with van der Waals surface area (Å²) in [6, 6.07) is 38.1. The van der Waals surface area contributed by atoms with Crippen molar-refractivity contribution in [1.29, 1.82) is 0 Å². The number of ether oxygens (including phenoxy) is 1. The minimum Gasteiger partial charge on any atom is -0.463 e. The number of fused-ring (bicyclic) bond motifs is 1. The second-order valence-electron chi connectivity index (χ2n) is 11.6. The topological polar surface area (TPSA) is 65.6 Å². The summed E-state index contributed by atoms with van der Waals surface area (Å²) < 4.78 is 10.9. The zero-order chi connectivity index (χ0) is 33.4. The number of halogens is 1. The second-order valence-corrected chi connectivity index (χ2v) is 13.5. The highest BCUT2D eigenvalue weighted by Crippen LogP contribution is 2.37. The number of rotatable bonds is 7. The number of allylic oxidation sites excluding steroid dienone is 1. The molecule has 0 saturated carbocycles. The first kappa shape index (κ1) is 31.5. The summed E-state index contributed by atoms with van der Waals surface area (Å²) in [5, 5.41) is 0. The van der Waals surface area contributed by atoms with Crippen molar-refractivity contribution in [1.82, 2.24) is 9.13 Å². The molecule has 0 spiro atoms. The minimum absolute atomic E-state index is 0.213. The molecule has 6 nitrogen and oxygen atoms in total. The Labute approximate surface area is 290 Å². The Hall–Kier alpha value is -5.05. The average molecular weight is 715 g/mol. The van der Waals surface area contributed by atoms with Crippen LogP contribution in [0.3, 0.4) is 0 Å². The van der Waals surface area contributed by atoms with Crippen LogP contribution in [-0.2, 0) is 9.53 Å². The molecule has 0 aliphatic carbocycles. The molecule has 0 amide bonds. The van der Waals surface area contributed by atoms with E-state index in [1.165, 1.54) is 11.3 Å². The maximum atomic E-state index is 14.5. The second kappa shape index (κ2) is 13.2. The van der Waals surface area contributed by atoms with Gasteiger partial charge in [0.1, 0.15) is 0 Å². The Morgan fingerprint density at radius 3 is 2.19 bits per heavy atom. The molecule has 6 aromatic rings. The number of carbonyl (C=O) groups excluding carboxylic acids is 1. The summed E-state index contributed by atoms with van der Waals surface area (Å²) in [6.45, 7) is 5.82. The lowest BCUT2D eigenvalue weighted by molar-refractivity contribution is -0.139. The van der Waals surface area contributed by atoms with Gasteiger partial charge in [-0.1, -0.05) is 118 Å². The van der Waals surface area contributed by atoms with Gasteiger partial charge in [0, 0.05) is 15.7 Å². The van der Waals surface area contributed by atoms with Crippen LogP contribution >= 0.6 is 27.3 Å². The van der Waals surface area contributed by atoms with E-state index >= 15 is 0 Å². The maximum absolute atomic E-state index is 14.5. The first-order valence-corrected chi connectivity index (χ1v) is 17.3. The monoisotopic (exact) mass is 713 g/mol. The van der Waals surface area contributed by atoms with Gasteiger partial charge in [0.25, 0.3) is 5.56 Å². The maximum Gasteiger partial charge on any atom is 0.338 e. The first-order chi connectivity index (χ1) is 23.3. The third kappa shape index (κ3) is 5.82. The van der Waals surface area contributed by atoms with Crippen LogP contribution in [0.1, 0.15) is 36.6 Å². The van der Waals surface area contributed by atoms with Crippen LogP contribution in [0.2, 0.25) is 0 Å². The SMILES string of the molecule is CCOC(=O)C1=C(C)N=c2s/c(=C\c3cc(-c4ccccc4)n(-c4ccc(Br)cc4)c3-c3ccccc3)c(=O)n2[C@@H]1c1ccc(C)cc1. The van der Waals surface area contributed by atoms with E-state index < -0.39 is 12.0 Å². The normalized spacial score (nSPS) is 14.5. The fourth-order valence-corrected chi connectivity index (χ4v) is 7.51. The molecule has 3 heterocycles. The molecule has 1 atom stereocenters. The Morgan fingerprint density at radius 2 is 1.54 bits per heavy atom. The quantitative estimate of drug-likeness (QED) is 0.158. The highest BCUT2D eigenvalue weighted by atomic mass is 79.9. The number of carbonyl (C=O) groups is 1. The Balaban J connectivity index is 1.51. The number of benzene rings is 4. The molecule has 2 aromatic heterocycles. The Bertz CT molecular complexity index is 2350. The number of hydrogen-bond donors (Lipinski definition) is 0. The number of hydrogen-bond acceptors (Lipinski definition) is 5. The van der Waals surface area contributed by atoms with Crippen LogP contribution in [0, 0.1) is 6.92 Å². The highest BCUT2D eigenvalue weighted by molar-refractivity contribution is 9.10. The highest BCUT2D eigenvalue weighted by Gasteiger charge is 2.33. The van der Waals surface area contributed by atoms with Crippen LogP contribution in [0.4, 0.5) is 0 Å². The number of thiazole rings is 1. The predicted octanol–water partition coefficient (Wildman–Crippen LogP) is 7.99. The van der Waals surface area contributed by atoms with E-state index in [1.807, 2.05) is 92.7 Å². The molecule has 0 unspecified atom stereocenters. The predicted molar refractivity (Wildman–Crippen MR) is 196 cm³/mol. The molecule has 48 heavy (non-hydrogen) atoms. The third-order valence-electron chi connectivity index (χ3n) is 8.43. The van der Waals surface area contributed by atoms with E-state index in [2.05, 4.69) is 63.0 Å². The van der Waals surface area contributed by atoms with E-state index in [-0.39, 0.29) is 12.2 Å². The molecular formula is C40H32BrN3O3S. The molecule has 0 fully saturated rings. The van der Waals surface area contributed by atoms with Crippen LogP contribution in [0.5, 0.6) is 0 Å². The molecule has 0 N–H and O–H groups in total. The first-order valence-electron chi connectivity index (χ1n) is 15.7. The van der Waals surface area contributed by atoms with Gasteiger partial charge in [-0.3, -0.25) is 9.36 Å². The number of aromatic nitrogens is 2. The van der Waals surface area contributed by atoms with Crippen molar-refractivity contribution in [3.63, 3.8) is 0 Å². The third-order valence-corrected chi connectivity index (χ3v) is 9.94. The molecule has 1 aliphatic heterocycles. The molecule has 0 bridgehead atoms. The molecule has 4 aromatic carbocycles. The molecular weight excluding hydrogens is 682 g/mol. The van der Waals surface area contributed by atoms with E-state index in [0.717, 1.165) is 49.4 Å². The lowest BCUT2D eigenvalue weighted by atomic mass is 9.95. The molecule has 0 saturated heterocycles. The van der Waals surface area contributed by atoms with Gasteiger partial charge >= 0.3 is 5.97 Å². The zero-order valence-corrected chi connectivity index (χ0v) is 29.1. The van der Waals surface area contributed by atoms with Crippen molar-refractivity contribution in [3.8, 4) is 28.2 Å². The number of aryl methyl sites for hydroxylation is 1. The molecule has 1 aliphatic rings. The lowest BCUT2D eigenvalue weighted by Crippen LogP contribution is -2.39. The summed E-state index contributed by atoms with van der Waals surface area (Å²) in [5.74, 6) is -0.468. The van der Waals surface area contributed by atoms with Gasteiger partial charge in [0.05, 0.1) is 39.8 Å². The van der Waals surface area contributed by atoms with Gasteiger partial charge < -0.3 is 9.30 Å². The average Bonchev–Trinajstić information content (AvgIpc) is 3.62. The van der Waals surface area contributed by atoms with Crippen molar-refractivity contribution in [2.75, 3.05) is 6.61 Å². The van der Waals surface area contributed by atoms with E-state index in [9.17, 15) is 9.59 Å². The van der Waals surface area contributed by atoms with Crippen molar-refractivity contribution in [2.24, 2.45) is 4.99 Å². The van der Waals surface area contributed by atoms with E-state index in [0.29, 0.717) is 20.6 Å².